The fourth-order valence-corrected chi connectivity index (χ4v) is 4.25. The average molecular weight is 401 g/mol. The van der Waals surface area contributed by atoms with Gasteiger partial charge in [-0.15, -0.1) is 11.3 Å². The van der Waals surface area contributed by atoms with Gasteiger partial charge in [-0.3, -0.25) is 9.59 Å². The molecule has 0 bridgehead atoms. The molecule has 2 heterocycles. The molecule has 5 nitrogen and oxygen atoms in total. The highest BCUT2D eigenvalue weighted by Crippen LogP contribution is 2.24. The normalized spacial score (nSPS) is 16.9. The minimum Gasteiger partial charge on any atom is -0.492 e. The Kier molecular flexibility index (Phi) is 6.73. The molecule has 1 fully saturated rings. The maximum absolute atomic E-state index is 12.7. The van der Waals surface area contributed by atoms with Gasteiger partial charge in [-0.2, -0.15) is 0 Å². The van der Waals surface area contributed by atoms with Crippen LogP contribution in [0.5, 0.6) is 5.75 Å². The standard InChI is InChI=1S/C22H28N2O3S/c1-15(2)23-21(25)18-8-4-5-9-19(18)27-14-17-7-6-12-24(13-17)22(26)20-11-10-16(3)28-20/h4-5,8-11,15,17H,6-7,12-14H2,1-3H3,(H,23,25). The van der Waals surface area contributed by atoms with Crippen molar-refractivity contribution in [2.24, 2.45) is 5.92 Å². The van der Waals surface area contributed by atoms with Crippen molar-refractivity contribution >= 4 is 23.2 Å². The third-order valence-corrected chi connectivity index (χ3v) is 5.77. The Morgan fingerprint density at radius 2 is 2.04 bits per heavy atom. The molecule has 0 aliphatic carbocycles. The Morgan fingerprint density at radius 1 is 1.25 bits per heavy atom. The first-order chi connectivity index (χ1) is 13.4. The lowest BCUT2D eigenvalue weighted by molar-refractivity contribution is 0.0638. The van der Waals surface area contributed by atoms with Crippen LogP contribution < -0.4 is 10.1 Å². The summed E-state index contributed by atoms with van der Waals surface area (Å²) >= 11 is 1.54. The van der Waals surface area contributed by atoms with Gasteiger partial charge in [0.05, 0.1) is 17.0 Å². The van der Waals surface area contributed by atoms with Crippen molar-refractivity contribution in [3.05, 3.63) is 51.7 Å². The Balaban J connectivity index is 1.60. The van der Waals surface area contributed by atoms with E-state index in [1.165, 1.54) is 0 Å². The molecule has 1 saturated heterocycles. The number of nitrogens with one attached hydrogen (secondary N) is 1. The lowest BCUT2D eigenvalue weighted by Gasteiger charge is -2.32. The van der Waals surface area contributed by atoms with E-state index in [4.69, 9.17) is 4.74 Å². The second-order valence-electron chi connectivity index (χ2n) is 7.61. The number of aryl methyl sites for hydroxylation is 1. The molecule has 0 spiro atoms. The SMILES string of the molecule is Cc1ccc(C(=O)N2CCCC(COc3ccccc3C(=O)NC(C)C)C2)s1. The van der Waals surface area contributed by atoms with Crippen LogP contribution in [0.3, 0.4) is 0 Å². The average Bonchev–Trinajstić information content (AvgIpc) is 3.12. The van der Waals surface area contributed by atoms with Crippen molar-refractivity contribution in [2.75, 3.05) is 19.7 Å². The van der Waals surface area contributed by atoms with Crippen LogP contribution >= 0.6 is 11.3 Å². The third-order valence-electron chi connectivity index (χ3n) is 4.78. The van der Waals surface area contributed by atoms with E-state index in [-0.39, 0.29) is 23.8 Å². The predicted octanol–water partition coefficient (Wildman–Crippen LogP) is 4.13. The number of hydrogen-bond donors (Lipinski definition) is 1. The van der Waals surface area contributed by atoms with Crippen LogP contribution in [0.25, 0.3) is 0 Å². The summed E-state index contributed by atoms with van der Waals surface area (Å²) in [6.45, 7) is 7.87. The zero-order chi connectivity index (χ0) is 20.1. The van der Waals surface area contributed by atoms with Gasteiger partial charge in [0, 0.05) is 29.9 Å². The van der Waals surface area contributed by atoms with Gasteiger partial charge in [0.1, 0.15) is 5.75 Å². The van der Waals surface area contributed by atoms with Crippen LogP contribution in [0.1, 0.15) is 51.6 Å². The number of hydrogen-bond acceptors (Lipinski definition) is 4. The minimum absolute atomic E-state index is 0.0689. The van der Waals surface area contributed by atoms with Gasteiger partial charge in [-0.05, 0) is 57.9 Å². The molecule has 1 aliphatic rings. The van der Waals surface area contributed by atoms with Gasteiger partial charge in [-0.1, -0.05) is 12.1 Å². The maximum Gasteiger partial charge on any atom is 0.263 e. The first-order valence-corrected chi connectivity index (χ1v) is 10.6. The van der Waals surface area contributed by atoms with Gasteiger partial charge < -0.3 is 15.0 Å². The lowest BCUT2D eigenvalue weighted by atomic mass is 9.98. The largest absolute Gasteiger partial charge is 0.492 e. The molecule has 3 rings (SSSR count). The molecular weight excluding hydrogens is 372 g/mol. The highest BCUT2D eigenvalue weighted by atomic mass is 32.1. The molecular formula is C22H28N2O3S. The number of carbonyl (C=O) groups excluding carboxylic acids is 2. The van der Waals surface area contributed by atoms with E-state index < -0.39 is 0 Å². The van der Waals surface area contributed by atoms with Crippen molar-refractivity contribution in [1.82, 2.24) is 10.2 Å². The summed E-state index contributed by atoms with van der Waals surface area (Å²) in [5.74, 6) is 0.844. The van der Waals surface area contributed by atoms with E-state index in [1.807, 2.05) is 56.0 Å². The van der Waals surface area contributed by atoms with E-state index in [1.54, 1.807) is 17.4 Å². The lowest BCUT2D eigenvalue weighted by Crippen LogP contribution is -2.41. The number of rotatable bonds is 6. The van der Waals surface area contributed by atoms with Gasteiger partial charge in [0.15, 0.2) is 0 Å². The predicted molar refractivity (Wildman–Crippen MR) is 112 cm³/mol. The van der Waals surface area contributed by atoms with E-state index in [0.717, 1.165) is 29.1 Å². The summed E-state index contributed by atoms with van der Waals surface area (Å²) in [6.07, 6.45) is 1.99. The fraction of sp³-hybridized carbons (Fsp3) is 0.455. The number of para-hydroxylation sites is 1. The summed E-state index contributed by atoms with van der Waals surface area (Å²) < 4.78 is 6.02. The molecule has 0 radical (unpaired) electrons. The molecule has 1 aliphatic heterocycles. The number of benzene rings is 1. The molecule has 28 heavy (non-hydrogen) atoms. The smallest absolute Gasteiger partial charge is 0.263 e. The minimum atomic E-state index is -0.126. The molecule has 150 valence electrons. The monoisotopic (exact) mass is 400 g/mol. The Bertz CT molecular complexity index is 831. The van der Waals surface area contributed by atoms with Crippen molar-refractivity contribution in [2.45, 2.75) is 39.7 Å². The third kappa shape index (κ3) is 5.13. The highest BCUT2D eigenvalue weighted by molar-refractivity contribution is 7.13. The summed E-state index contributed by atoms with van der Waals surface area (Å²) in [4.78, 5) is 29.0. The van der Waals surface area contributed by atoms with E-state index >= 15 is 0 Å². The molecule has 1 aromatic heterocycles. The van der Waals surface area contributed by atoms with Crippen LogP contribution in [-0.2, 0) is 0 Å². The van der Waals surface area contributed by atoms with Crippen LogP contribution in [0.2, 0.25) is 0 Å². The second kappa shape index (κ2) is 9.24. The number of ether oxygens (including phenoxy) is 1. The Labute approximate surface area is 170 Å². The molecule has 1 atom stereocenters. The van der Waals surface area contributed by atoms with E-state index in [0.29, 0.717) is 24.5 Å². The Morgan fingerprint density at radius 3 is 2.75 bits per heavy atom. The Hall–Kier alpha value is -2.34. The second-order valence-corrected chi connectivity index (χ2v) is 8.89. The number of amides is 2. The van der Waals surface area contributed by atoms with Crippen molar-refractivity contribution < 1.29 is 14.3 Å². The fourth-order valence-electron chi connectivity index (χ4n) is 3.42. The number of piperidine rings is 1. The zero-order valence-corrected chi connectivity index (χ0v) is 17.6. The number of thiophene rings is 1. The number of likely N-dealkylation sites (tertiary alicyclic amines) is 1. The summed E-state index contributed by atoms with van der Waals surface area (Å²) in [5.41, 5.74) is 0.550. The van der Waals surface area contributed by atoms with Crippen LogP contribution in [0, 0.1) is 12.8 Å². The maximum atomic E-state index is 12.7. The molecule has 2 amide bonds. The van der Waals surface area contributed by atoms with Gasteiger partial charge in [-0.25, -0.2) is 0 Å². The van der Waals surface area contributed by atoms with Crippen LogP contribution in [-0.4, -0.2) is 42.5 Å². The van der Waals surface area contributed by atoms with E-state index in [2.05, 4.69) is 5.32 Å². The molecule has 1 unspecified atom stereocenters. The topological polar surface area (TPSA) is 58.6 Å². The number of nitrogens with zero attached hydrogens (tertiary/aromatic N) is 1. The molecule has 1 N–H and O–H groups in total. The summed E-state index contributed by atoms with van der Waals surface area (Å²) in [6, 6.07) is 11.3. The van der Waals surface area contributed by atoms with Crippen molar-refractivity contribution in [1.29, 1.82) is 0 Å². The first-order valence-electron chi connectivity index (χ1n) is 9.82. The molecule has 6 heteroatoms. The van der Waals surface area contributed by atoms with Gasteiger partial charge >= 0.3 is 0 Å². The van der Waals surface area contributed by atoms with E-state index in [9.17, 15) is 9.59 Å². The zero-order valence-electron chi connectivity index (χ0n) is 16.7. The highest BCUT2D eigenvalue weighted by Gasteiger charge is 2.26. The molecule has 1 aromatic carbocycles. The van der Waals surface area contributed by atoms with Crippen LogP contribution in [0.4, 0.5) is 0 Å². The molecule has 2 aromatic rings. The first kappa shape index (κ1) is 20.4. The summed E-state index contributed by atoms with van der Waals surface area (Å²) in [5, 5.41) is 2.91. The quantitative estimate of drug-likeness (QED) is 0.793. The number of carbonyl (C=O) groups is 2. The summed E-state index contributed by atoms with van der Waals surface area (Å²) in [7, 11) is 0. The van der Waals surface area contributed by atoms with Crippen LogP contribution in [0.15, 0.2) is 36.4 Å². The van der Waals surface area contributed by atoms with Gasteiger partial charge in [0.2, 0.25) is 0 Å². The van der Waals surface area contributed by atoms with Gasteiger partial charge in [0.25, 0.3) is 11.8 Å². The van der Waals surface area contributed by atoms with Crippen molar-refractivity contribution in [3.8, 4) is 5.75 Å². The van der Waals surface area contributed by atoms with Crippen molar-refractivity contribution in [3.63, 3.8) is 0 Å². The molecule has 0 saturated carbocycles.